The number of aryl methyl sites for hydroxylation is 1. The van der Waals surface area contributed by atoms with Crippen LogP contribution in [0.25, 0.3) is 0 Å². The van der Waals surface area contributed by atoms with Crippen molar-refractivity contribution in [3.05, 3.63) is 22.8 Å². The van der Waals surface area contributed by atoms with E-state index in [2.05, 4.69) is 4.72 Å². The van der Waals surface area contributed by atoms with Gasteiger partial charge in [0.1, 0.15) is 5.75 Å². The average Bonchev–Trinajstić information content (AvgIpc) is 3.35. The number of amides is 1. The molecule has 0 radical (unpaired) electrons. The minimum atomic E-state index is -3.82. The molecule has 1 amide bonds. The van der Waals surface area contributed by atoms with Crippen LogP contribution in [0.3, 0.4) is 0 Å². The van der Waals surface area contributed by atoms with Crippen molar-refractivity contribution in [2.24, 2.45) is 5.84 Å². The van der Waals surface area contributed by atoms with Gasteiger partial charge in [0, 0.05) is 12.1 Å². The Balaban J connectivity index is 2.36. The number of benzene rings is 1. The highest BCUT2D eigenvalue weighted by atomic mass is 32.2. The number of likely N-dealkylation sites (N-methyl/N-ethyl adjacent to an activating group) is 1. The van der Waals surface area contributed by atoms with Crippen LogP contribution in [-0.4, -0.2) is 39.5 Å². The molecular weight excluding hydrogens is 330 g/mol. The van der Waals surface area contributed by atoms with Gasteiger partial charge in [0.15, 0.2) is 0 Å². The van der Waals surface area contributed by atoms with Crippen LogP contribution in [0, 0.1) is 13.8 Å². The molecule has 7 nitrogen and oxygen atoms in total. The second-order valence-electron chi connectivity index (χ2n) is 6.04. The van der Waals surface area contributed by atoms with Crippen LogP contribution < -0.4 is 15.3 Å². The van der Waals surface area contributed by atoms with E-state index in [1.807, 2.05) is 0 Å². The number of carbonyl (C=O) groups excluding carboxylic acids is 1. The fourth-order valence-electron chi connectivity index (χ4n) is 2.91. The minimum Gasteiger partial charge on any atom is -0.496 e. The molecule has 0 bridgehead atoms. The zero-order valence-corrected chi connectivity index (χ0v) is 15.4. The lowest BCUT2D eigenvalue weighted by Crippen LogP contribution is -2.44. The van der Waals surface area contributed by atoms with E-state index in [9.17, 15) is 13.2 Å². The number of hydrogen-bond acceptors (Lipinski definition) is 5. The van der Waals surface area contributed by atoms with Crippen LogP contribution in [0.2, 0.25) is 0 Å². The predicted molar refractivity (Wildman–Crippen MR) is 91.2 cm³/mol. The SMILES string of the molecule is CCN(N)C(=O)CNS(=O)(=O)c1c(C)cc(OC)c(C2CC2)c1C. The maximum atomic E-state index is 12.7. The van der Waals surface area contributed by atoms with Crippen molar-refractivity contribution in [1.82, 2.24) is 9.73 Å². The highest BCUT2D eigenvalue weighted by Crippen LogP contribution is 2.47. The van der Waals surface area contributed by atoms with Gasteiger partial charge in [-0.2, -0.15) is 0 Å². The van der Waals surface area contributed by atoms with Crippen LogP contribution in [-0.2, 0) is 14.8 Å². The van der Waals surface area contributed by atoms with Crippen molar-refractivity contribution in [2.45, 2.75) is 44.4 Å². The molecule has 134 valence electrons. The number of rotatable bonds is 7. The van der Waals surface area contributed by atoms with Crippen LogP contribution in [0.1, 0.15) is 42.4 Å². The van der Waals surface area contributed by atoms with E-state index in [4.69, 9.17) is 10.6 Å². The van der Waals surface area contributed by atoms with Gasteiger partial charge in [-0.15, -0.1) is 0 Å². The van der Waals surface area contributed by atoms with Crippen molar-refractivity contribution in [3.63, 3.8) is 0 Å². The lowest BCUT2D eigenvalue weighted by atomic mass is 10.0. The first-order valence-electron chi connectivity index (χ1n) is 7.95. The Morgan fingerprint density at radius 3 is 2.54 bits per heavy atom. The molecule has 8 heteroatoms. The molecule has 1 aromatic carbocycles. The summed E-state index contributed by atoms with van der Waals surface area (Å²) in [5.74, 6) is 6.07. The molecule has 0 atom stereocenters. The molecule has 0 aliphatic heterocycles. The minimum absolute atomic E-state index is 0.220. The Labute approximate surface area is 143 Å². The molecule has 0 spiro atoms. The Bertz CT molecular complexity index is 742. The molecule has 0 unspecified atom stereocenters. The number of hydrazine groups is 1. The molecule has 1 aliphatic rings. The molecule has 0 aromatic heterocycles. The fraction of sp³-hybridized carbons (Fsp3) is 0.562. The highest BCUT2D eigenvalue weighted by Gasteiger charge is 2.33. The number of sulfonamides is 1. The second kappa shape index (κ2) is 7.08. The first-order chi connectivity index (χ1) is 11.2. The summed E-state index contributed by atoms with van der Waals surface area (Å²) in [6, 6.07) is 1.75. The molecular formula is C16H25N3O4S. The molecule has 0 saturated heterocycles. The number of nitrogens with two attached hydrogens (primary N) is 1. The molecule has 2 rings (SSSR count). The standard InChI is InChI=1S/C16H25N3O4S/c1-5-19(17)14(20)9-18-24(21,22)16-10(2)8-13(23-4)15(11(16)3)12-6-7-12/h8,12,18H,5-7,9,17H2,1-4H3. The van der Waals surface area contributed by atoms with E-state index in [1.54, 1.807) is 33.9 Å². The smallest absolute Gasteiger partial charge is 0.251 e. The van der Waals surface area contributed by atoms with Crippen molar-refractivity contribution < 1.29 is 17.9 Å². The number of hydrogen-bond donors (Lipinski definition) is 2. The summed E-state index contributed by atoms with van der Waals surface area (Å²) in [5, 5.41) is 0.978. The molecule has 1 aromatic rings. The van der Waals surface area contributed by atoms with E-state index >= 15 is 0 Å². The van der Waals surface area contributed by atoms with Crippen molar-refractivity contribution in [3.8, 4) is 5.75 Å². The van der Waals surface area contributed by atoms with E-state index in [1.165, 1.54) is 0 Å². The number of nitrogens with zero attached hydrogens (tertiary/aromatic N) is 1. The first kappa shape index (κ1) is 18.7. The summed E-state index contributed by atoms with van der Waals surface area (Å²) in [7, 11) is -2.23. The predicted octanol–water partition coefficient (Wildman–Crippen LogP) is 1.19. The quantitative estimate of drug-likeness (QED) is 0.435. The third-order valence-electron chi connectivity index (χ3n) is 4.26. The third kappa shape index (κ3) is 3.71. The maximum absolute atomic E-state index is 12.7. The summed E-state index contributed by atoms with van der Waals surface area (Å²) >= 11 is 0. The van der Waals surface area contributed by atoms with Gasteiger partial charge in [-0.3, -0.25) is 9.80 Å². The number of carbonyl (C=O) groups is 1. The van der Waals surface area contributed by atoms with Gasteiger partial charge in [-0.05, 0) is 56.7 Å². The number of methoxy groups -OCH3 is 1. The Morgan fingerprint density at radius 2 is 2.04 bits per heavy atom. The summed E-state index contributed by atoms with van der Waals surface area (Å²) in [4.78, 5) is 12.0. The normalized spacial score (nSPS) is 14.5. The summed E-state index contributed by atoms with van der Waals surface area (Å²) in [6.07, 6.45) is 2.06. The van der Waals surface area contributed by atoms with Gasteiger partial charge in [-0.25, -0.2) is 19.0 Å². The van der Waals surface area contributed by atoms with Gasteiger partial charge in [0.2, 0.25) is 10.0 Å². The van der Waals surface area contributed by atoms with Crippen LogP contribution >= 0.6 is 0 Å². The lowest BCUT2D eigenvalue weighted by molar-refractivity contribution is -0.130. The van der Waals surface area contributed by atoms with E-state index in [0.29, 0.717) is 23.6 Å². The van der Waals surface area contributed by atoms with Crippen molar-refractivity contribution in [1.29, 1.82) is 0 Å². The third-order valence-corrected chi connectivity index (χ3v) is 5.95. The monoisotopic (exact) mass is 355 g/mol. The average molecular weight is 355 g/mol. The lowest BCUT2D eigenvalue weighted by Gasteiger charge is -2.19. The Kier molecular flexibility index (Phi) is 5.52. The van der Waals surface area contributed by atoms with Crippen molar-refractivity contribution in [2.75, 3.05) is 20.2 Å². The Hall–Kier alpha value is -1.64. The number of ether oxygens (including phenoxy) is 1. The van der Waals surface area contributed by atoms with Gasteiger partial charge in [0.25, 0.3) is 5.91 Å². The van der Waals surface area contributed by atoms with Crippen molar-refractivity contribution >= 4 is 15.9 Å². The zero-order chi connectivity index (χ0) is 18.1. The molecule has 24 heavy (non-hydrogen) atoms. The highest BCUT2D eigenvalue weighted by molar-refractivity contribution is 7.89. The topological polar surface area (TPSA) is 102 Å². The molecule has 1 aliphatic carbocycles. The molecule has 0 heterocycles. The van der Waals surface area contributed by atoms with E-state index in [-0.39, 0.29) is 11.4 Å². The van der Waals surface area contributed by atoms with Gasteiger partial charge in [-0.1, -0.05) is 0 Å². The Morgan fingerprint density at radius 1 is 1.42 bits per heavy atom. The van der Waals surface area contributed by atoms with E-state index in [0.717, 1.165) is 29.2 Å². The summed E-state index contributed by atoms with van der Waals surface area (Å²) in [6.45, 7) is 5.18. The summed E-state index contributed by atoms with van der Waals surface area (Å²) < 4.78 is 33.2. The largest absolute Gasteiger partial charge is 0.496 e. The molecule has 1 fully saturated rings. The van der Waals surface area contributed by atoms with Gasteiger partial charge < -0.3 is 4.74 Å². The molecule has 3 N–H and O–H groups in total. The second-order valence-corrected chi connectivity index (χ2v) is 7.75. The van der Waals surface area contributed by atoms with Crippen LogP contribution in [0.5, 0.6) is 5.75 Å². The molecule has 1 saturated carbocycles. The van der Waals surface area contributed by atoms with Crippen LogP contribution in [0.4, 0.5) is 0 Å². The van der Waals surface area contributed by atoms with Gasteiger partial charge in [0.05, 0.1) is 18.6 Å². The first-order valence-corrected chi connectivity index (χ1v) is 9.44. The maximum Gasteiger partial charge on any atom is 0.251 e. The summed E-state index contributed by atoms with van der Waals surface area (Å²) in [5.41, 5.74) is 2.23. The zero-order valence-electron chi connectivity index (χ0n) is 14.5. The fourth-order valence-corrected chi connectivity index (χ4v) is 4.37. The van der Waals surface area contributed by atoms with Gasteiger partial charge >= 0.3 is 0 Å². The van der Waals surface area contributed by atoms with E-state index < -0.39 is 15.9 Å². The van der Waals surface area contributed by atoms with Crippen LogP contribution in [0.15, 0.2) is 11.0 Å². The number of nitrogens with one attached hydrogen (secondary N) is 1.